The summed E-state index contributed by atoms with van der Waals surface area (Å²) in [6, 6.07) is 8.16. The Hall–Kier alpha value is -1.06. The van der Waals surface area contributed by atoms with Crippen molar-refractivity contribution in [2.45, 2.75) is 44.1 Å². The van der Waals surface area contributed by atoms with Crippen LogP contribution in [0.4, 0.5) is 5.69 Å². The lowest BCUT2D eigenvalue weighted by atomic mass is 9.84. The number of aliphatic hydroxyl groups excluding tert-OH is 2. The van der Waals surface area contributed by atoms with Gasteiger partial charge in [-0.3, -0.25) is 0 Å². The van der Waals surface area contributed by atoms with Crippen molar-refractivity contribution >= 4 is 5.69 Å². The average molecular weight is 249 g/mol. The Morgan fingerprint density at radius 3 is 2.17 bits per heavy atom. The van der Waals surface area contributed by atoms with Gasteiger partial charge >= 0.3 is 0 Å². The summed E-state index contributed by atoms with van der Waals surface area (Å²) in [6.07, 6.45) is 6.69. The third-order valence-electron chi connectivity index (χ3n) is 3.80. The highest BCUT2D eigenvalue weighted by Crippen LogP contribution is 2.32. The summed E-state index contributed by atoms with van der Waals surface area (Å²) in [5.74, 6) is 0.722. The van der Waals surface area contributed by atoms with E-state index in [4.69, 9.17) is 10.2 Å². The zero-order valence-electron chi connectivity index (χ0n) is 10.8. The molecule has 1 aliphatic rings. The maximum atomic E-state index is 9.02. The molecule has 0 spiro atoms. The van der Waals surface area contributed by atoms with Crippen LogP contribution in [0.1, 0.15) is 43.6 Å². The predicted molar refractivity (Wildman–Crippen MR) is 73.9 cm³/mol. The lowest BCUT2D eigenvalue weighted by molar-refractivity contribution is 0.204. The Morgan fingerprint density at radius 1 is 1.00 bits per heavy atom. The molecule has 0 bridgehead atoms. The van der Waals surface area contributed by atoms with Gasteiger partial charge in [0, 0.05) is 5.69 Å². The molecule has 0 aromatic heterocycles. The van der Waals surface area contributed by atoms with Crippen LogP contribution in [0, 0.1) is 0 Å². The van der Waals surface area contributed by atoms with Crippen LogP contribution in [-0.2, 0) is 0 Å². The van der Waals surface area contributed by atoms with Gasteiger partial charge in [0.05, 0.1) is 19.3 Å². The van der Waals surface area contributed by atoms with Crippen molar-refractivity contribution in [2.24, 2.45) is 0 Å². The van der Waals surface area contributed by atoms with Gasteiger partial charge in [-0.2, -0.15) is 0 Å². The van der Waals surface area contributed by atoms with Crippen molar-refractivity contribution in [3.05, 3.63) is 29.8 Å². The minimum absolute atomic E-state index is 0.0547. The molecule has 18 heavy (non-hydrogen) atoms. The molecule has 0 unspecified atom stereocenters. The summed E-state index contributed by atoms with van der Waals surface area (Å²) in [7, 11) is 0. The molecule has 3 nitrogen and oxygen atoms in total. The summed E-state index contributed by atoms with van der Waals surface area (Å²) >= 11 is 0. The van der Waals surface area contributed by atoms with Crippen molar-refractivity contribution in [3.8, 4) is 0 Å². The van der Waals surface area contributed by atoms with Crippen LogP contribution in [-0.4, -0.2) is 29.5 Å². The van der Waals surface area contributed by atoms with Crippen LogP contribution >= 0.6 is 0 Å². The Kier molecular flexibility index (Phi) is 5.02. The van der Waals surface area contributed by atoms with E-state index in [2.05, 4.69) is 17.4 Å². The van der Waals surface area contributed by atoms with Crippen molar-refractivity contribution in [2.75, 3.05) is 18.5 Å². The van der Waals surface area contributed by atoms with E-state index in [1.807, 2.05) is 12.1 Å². The zero-order chi connectivity index (χ0) is 12.8. The van der Waals surface area contributed by atoms with Crippen LogP contribution in [0.5, 0.6) is 0 Å². The van der Waals surface area contributed by atoms with Gasteiger partial charge in [-0.15, -0.1) is 0 Å². The SMILES string of the molecule is OCC(CO)Nc1ccc(C2CCCCC2)cc1. The summed E-state index contributed by atoms with van der Waals surface area (Å²) in [5.41, 5.74) is 2.38. The van der Waals surface area contributed by atoms with Crippen LogP contribution < -0.4 is 5.32 Å². The van der Waals surface area contributed by atoms with Crippen molar-refractivity contribution in [1.29, 1.82) is 0 Å². The van der Waals surface area contributed by atoms with Crippen LogP contribution in [0.3, 0.4) is 0 Å². The molecule has 0 radical (unpaired) electrons. The fourth-order valence-corrected chi connectivity index (χ4v) is 2.67. The van der Waals surface area contributed by atoms with Gasteiger partial charge in [0.15, 0.2) is 0 Å². The van der Waals surface area contributed by atoms with Gasteiger partial charge in [0.1, 0.15) is 0 Å². The van der Waals surface area contributed by atoms with E-state index in [1.54, 1.807) is 0 Å². The Morgan fingerprint density at radius 2 is 1.61 bits per heavy atom. The molecule has 3 heteroatoms. The van der Waals surface area contributed by atoms with E-state index in [0.29, 0.717) is 0 Å². The number of hydrogen-bond acceptors (Lipinski definition) is 3. The van der Waals surface area contributed by atoms with E-state index in [1.165, 1.54) is 37.7 Å². The standard InChI is InChI=1S/C15H23NO2/c17-10-15(11-18)16-14-8-6-13(7-9-14)12-4-2-1-3-5-12/h6-9,12,15-18H,1-5,10-11H2. The first kappa shape index (κ1) is 13.4. The molecule has 0 atom stereocenters. The molecular formula is C15H23NO2. The monoisotopic (exact) mass is 249 g/mol. The molecule has 1 fully saturated rings. The number of rotatable bonds is 5. The Labute approximate surface area is 109 Å². The molecule has 0 aliphatic heterocycles. The molecule has 100 valence electrons. The fourth-order valence-electron chi connectivity index (χ4n) is 2.67. The molecule has 0 heterocycles. The molecule has 0 amide bonds. The van der Waals surface area contributed by atoms with Gasteiger partial charge < -0.3 is 15.5 Å². The number of anilines is 1. The average Bonchev–Trinajstić information content (AvgIpc) is 2.46. The van der Waals surface area contributed by atoms with Crippen LogP contribution in [0.2, 0.25) is 0 Å². The van der Waals surface area contributed by atoms with Gasteiger partial charge in [-0.05, 0) is 36.5 Å². The smallest absolute Gasteiger partial charge is 0.0723 e. The fraction of sp³-hybridized carbons (Fsp3) is 0.600. The summed E-state index contributed by atoms with van der Waals surface area (Å²) in [4.78, 5) is 0. The van der Waals surface area contributed by atoms with E-state index >= 15 is 0 Å². The third-order valence-corrected chi connectivity index (χ3v) is 3.80. The second kappa shape index (κ2) is 6.76. The minimum atomic E-state index is -0.273. The Bertz CT molecular complexity index is 340. The second-order valence-electron chi connectivity index (χ2n) is 5.16. The van der Waals surface area contributed by atoms with Gasteiger partial charge in [-0.1, -0.05) is 31.4 Å². The lowest BCUT2D eigenvalue weighted by Crippen LogP contribution is -2.27. The van der Waals surface area contributed by atoms with Crippen LogP contribution in [0.15, 0.2) is 24.3 Å². The molecule has 1 aromatic carbocycles. The van der Waals surface area contributed by atoms with Gasteiger partial charge in [0.2, 0.25) is 0 Å². The molecule has 3 N–H and O–H groups in total. The van der Waals surface area contributed by atoms with E-state index in [0.717, 1.165) is 11.6 Å². The first-order chi connectivity index (χ1) is 8.83. The minimum Gasteiger partial charge on any atom is -0.394 e. The molecule has 1 aliphatic carbocycles. The number of aliphatic hydroxyl groups is 2. The number of hydrogen-bond donors (Lipinski definition) is 3. The normalized spacial score (nSPS) is 17.1. The molecule has 0 saturated heterocycles. The maximum Gasteiger partial charge on any atom is 0.0723 e. The van der Waals surface area contributed by atoms with Crippen molar-refractivity contribution in [1.82, 2.24) is 0 Å². The Balaban J connectivity index is 1.96. The molecule has 1 saturated carbocycles. The van der Waals surface area contributed by atoms with E-state index in [-0.39, 0.29) is 19.3 Å². The van der Waals surface area contributed by atoms with Crippen molar-refractivity contribution in [3.63, 3.8) is 0 Å². The first-order valence-corrected chi connectivity index (χ1v) is 6.91. The second-order valence-corrected chi connectivity index (χ2v) is 5.16. The highest BCUT2D eigenvalue weighted by Gasteiger charge is 2.15. The lowest BCUT2D eigenvalue weighted by Gasteiger charge is -2.22. The quantitative estimate of drug-likeness (QED) is 0.751. The largest absolute Gasteiger partial charge is 0.394 e. The summed E-state index contributed by atoms with van der Waals surface area (Å²) in [6.45, 7) is -0.109. The summed E-state index contributed by atoms with van der Waals surface area (Å²) < 4.78 is 0. The van der Waals surface area contributed by atoms with Crippen molar-refractivity contribution < 1.29 is 10.2 Å². The number of benzene rings is 1. The van der Waals surface area contributed by atoms with Gasteiger partial charge in [0.25, 0.3) is 0 Å². The highest BCUT2D eigenvalue weighted by molar-refractivity contribution is 5.46. The predicted octanol–water partition coefficient (Wildman–Crippen LogP) is 2.50. The maximum absolute atomic E-state index is 9.02. The topological polar surface area (TPSA) is 52.5 Å². The highest BCUT2D eigenvalue weighted by atomic mass is 16.3. The molecular weight excluding hydrogens is 226 g/mol. The first-order valence-electron chi connectivity index (χ1n) is 6.91. The van der Waals surface area contributed by atoms with Crippen LogP contribution in [0.25, 0.3) is 0 Å². The molecule has 2 rings (SSSR count). The zero-order valence-corrected chi connectivity index (χ0v) is 10.8. The molecule has 1 aromatic rings. The van der Waals surface area contributed by atoms with E-state index in [9.17, 15) is 0 Å². The van der Waals surface area contributed by atoms with Gasteiger partial charge in [-0.25, -0.2) is 0 Å². The summed E-state index contributed by atoms with van der Waals surface area (Å²) in [5, 5.41) is 21.2. The van der Waals surface area contributed by atoms with E-state index < -0.39 is 0 Å². The number of nitrogens with one attached hydrogen (secondary N) is 1. The third kappa shape index (κ3) is 3.47.